The largest absolute Gasteiger partial charge is 0.507 e. The number of carbonyl (C=O) groups excluding carboxylic acids is 1. The quantitative estimate of drug-likeness (QED) is 0.269. The Morgan fingerprint density at radius 2 is 1.75 bits per heavy atom. The van der Waals surface area contributed by atoms with E-state index in [1.54, 1.807) is 36.4 Å². The topological polar surface area (TPSA) is 128 Å². The SMILES string of the molecule is N#C/C(=C/Nc1cccc2c(O)cccc12)C(=O)Nc1ccc([N+](=O)[O-])cc1. The number of phenolic OH excluding ortho intramolecular Hbond substituents is 1. The molecule has 0 aromatic heterocycles. The number of nitrogens with one attached hydrogen (secondary N) is 2. The molecule has 0 fully saturated rings. The van der Waals surface area contributed by atoms with Crippen LogP contribution in [0.1, 0.15) is 0 Å². The summed E-state index contributed by atoms with van der Waals surface area (Å²) in [7, 11) is 0. The van der Waals surface area contributed by atoms with Gasteiger partial charge in [-0.05, 0) is 24.3 Å². The van der Waals surface area contributed by atoms with Gasteiger partial charge in [0.15, 0.2) is 0 Å². The summed E-state index contributed by atoms with van der Waals surface area (Å²) in [6.45, 7) is 0. The van der Waals surface area contributed by atoms with E-state index in [-0.39, 0.29) is 17.0 Å². The Kier molecular flexibility index (Phi) is 5.18. The maximum absolute atomic E-state index is 12.3. The number of amides is 1. The highest BCUT2D eigenvalue weighted by molar-refractivity contribution is 6.07. The highest BCUT2D eigenvalue weighted by Gasteiger charge is 2.11. The number of phenols is 1. The number of nitrogens with zero attached hydrogens (tertiary/aromatic N) is 2. The average Bonchev–Trinajstić information content (AvgIpc) is 2.69. The summed E-state index contributed by atoms with van der Waals surface area (Å²) in [4.78, 5) is 22.4. The first-order valence-corrected chi connectivity index (χ1v) is 8.13. The summed E-state index contributed by atoms with van der Waals surface area (Å²) in [6.07, 6.45) is 1.26. The Morgan fingerprint density at radius 3 is 2.43 bits per heavy atom. The molecule has 0 saturated heterocycles. The van der Waals surface area contributed by atoms with E-state index in [0.717, 1.165) is 5.39 Å². The summed E-state index contributed by atoms with van der Waals surface area (Å²) in [5, 5.41) is 36.6. The van der Waals surface area contributed by atoms with Gasteiger partial charge in [-0.15, -0.1) is 0 Å². The molecule has 8 heteroatoms. The molecule has 0 aliphatic rings. The third-order valence-electron chi connectivity index (χ3n) is 3.97. The maximum Gasteiger partial charge on any atom is 0.269 e. The number of nitro benzene ring substituents is 1. The number of fused-ring (bicyclic) bond motifs is 1. The lowest BCUT2D eigenvalue weighted by molar-refractivity contribution is -0.384. The molecule has 0 radical (unpaired) electrons. The molecular weight excluding hydrogens is 360 g/mol. The first kappa shape index (κ1) is 18.4. The van der Waals surface area contributed by atoms with Gasteiger partial charge in [0.05, 0.1) is 4.92 Å². The minimum absolute atomic E-state index is 0.102. The first-order valence-electron chi connectivity index (χ1n) is 8.13. The molecule has 0 aliphatic heterocycles. The normalized spacial score (nSPS) is 10.9. The number of anilines is 2. The van der Waals surface area contributed by atoms with Gasteiger partial charge in [0.1, 0.15) is 17.4 Å². The van der Waals surface area contributed by atoms with Crippen molar-refractivity contribution in [1.29, 1.82) is 5.26 Å². The van der Waals surface area contributed by atoms with Crippen LogP contribution in [0.4, 0.5) is 17.1 Å². The number of hydrogen-bond donors (Lipinski definition) is 3. The summed E-state index contributed by atoms with van der Waals surface area (Å²) in [6, 6.07) is 17.4. The zero-order chi connectivity index (χ0) is 20.1. The van der Waals surface area contributed by atoms with Crippen LogP contribution in [0.15, 0.2) is 72.4 Å². The van der Waals surface area contributed by atoms with Crippen LogP contribution in [0.2, 0.25) is 0 Å². The second kappa shape index (κ2) is 7.88. The van der Waals surface area contributed by atoms with E-state index in [1.807, 2.05) is 6.07 Å². The number of aromatic hydroxyl groups is 1. The molecular formula is C20H14N4O4. The zero-order valence-electron chi connectivity index (χ0n) is 14.4. The minimum atomic E-state index is -0.660. The van der Waals surface area contributed by atoms with Crippen molar-refractivity contribution < 1.29 is 14.8 Å². The van der Waals surface area contributed by atoms with E-state index in [4.69, 9.17) is 0 Å². The Labute approximate surface area is 159 Å². The number of hydrogen-bond acceptors (Lipinski definition) is 6. The molecule has 1 amide bonds. The minimum Gasteiger partial charge on any atom is -0.507 e. The van der Waals surface area contributed by atoms with Crippen molar-refractivity contribution in [2.24, 2.45) is 0 Å². The molecule has 3 rings (SSSR count). The van der Waals surface area contributed by atoms with Crippen molar-refractivity contribution in [3.05, 3.63) is 82.6 Å². The third kappa shape index (κ3) is 3.89. The molecule has 138 valence electrons. The van der Waals surface area contributed by atoms with Crippen LogP contribution in [0.25, 0.3) is 10.8 Å². The maximum atomic E-state index is 12.3. The first-order chi connectivity index (χ1) is 13.5. The average molecular weight is 374 g/mol. The lowest BCUT2D eigenvalue weighted by Crippen LogP contribution is -2.14. The number of benzene rings is 3. The predicted molar refractivity (Wildman–Crippen MR) is 105 cm³/mol. The lowest BCUT2D eigenvalue weighted by Gasteiger charge is -2.08. The molecule has 8 nitrogen and oxygen atoms in total. The number of nitro groups is 1. The van der Waals surface area contributed by atoms with Crippen molar-refractivity contribution in [1.82, 2.24) is 0 Å². The van der Waals surface area contributed by atoms with Crippen molar-refractivity contribution in [3.8, 4) is 11.8 Å². The number of carbonyl (C=O) groups is 1. The van der Waals surface area contributed by atoms with Crippen molar-refractivity contribution >= 4 is 33.7 Å². The van der Waals surface area contributed by atoms with Crippen LogP contribution in [0, 0.1) is 21.4 Å². The van der Waals surface area contributed by atoms with Gasteiger partial charge in [0.2, 0.25) is 0 Å². The molecule has 0 heterocycles. The number of rotatable bonds is 5. The summed E-state index contributed by atoms with van der Waals surface area (Å²) in [5.74, 6) is -0.534. The van der Waals surface area contributed by atoms with Gasteiger partial charge in [-0.3, -0.25) is 14.9 Å². The number of non-ortho nitro benzene ring substituents is 1. The highest BCUT2D eigenvalue weighted by atomic mass is 16.6. The van der Waals surface area contributed by atoms with Crippen LogP contribution in [0.5, 0.6) is 5.75 Å². The smallest absolute Gasteiger partial charge is 0.269 e. The van der Waals surface area contributed by atoms with Crippen molar-refractivity contribution in [2.75, 3.05) is 10.6 Å². The van der Waals surface area contributed by atoms with E-state index >= 15 is 0 Å². The van der Waals surface area contributed by atoms with Gasteiger partial charge in [-0.2, -0.15) is 5.26 Å². The van der Waals surface area contributed by atoms with Gasteiger partial charge in [-0.1, -0.05) is 24.3 Å². The van der Waals surface area contributed by atoms with Gasteiger partial charge in [-0.25, -0.2) is 0 Å². The molecule has 28 heavy (non-hydrogen) atoms. The van der Waals surface area contributed by atoms with Crippen LogP contribution in [-0.4, -0.2) is 15.9 Å². The molecule has 3 aromatic carbocycles. The fourth-order valence-corrected chi connectivity index (χ4v) is 2.58. The lowest BCUT2D eigenvalue weighted by atomic mass is 10.1. The third-order valence-corrected chi connectivity index (χ3v) is 3.97. The fourth-order valence-electron chi connectivity index (χ4n) is 2.58. The van der Waals surface area contributed by atoms with E-state index in [2.05, 4.69) is 10.6 Å². The molecule has 0 atom stereocenters. The molecule has 0 bridgehead atoms. The van der Waals surface area contributed by atoms with Gasteiger partial charge in [0, 0.05) is 40.5 Å². The van der Waals surface area contributed by atoms with Crippen LogP contribution < -0.4 is 10.6 Å². The van der Waals surface area contributed by atoms with Crippen molar-refractivity contribution in [2.45, 2.75) is 0 Å². The Bertz CT molecular complexity index is 1130. The van der Waals surface area contributed by atoms with Crippen LogP contribution >= 0.6 is 0 Å². The van der Waals surface area contributed by atoms with E-state index in [0.29, 0.717) is 16.8 Å². The summed E-state index contributed by atoms with van der Waals surface area (Å²) in [5.41, 5.74) is 0.654. The standard InChI is InChI=1S/C20H14N4O4/c21-11-13(20(26)23-14-7-9-15(10-8-14)24(27)28)12-22-18-5-1-4-17-16(18)3-2-6-19(17)25/h1-10,12,22,25H,(H,23,26)/b13-12-. The van der Waals surface area contributed by atoms with Gasteiger partial charge < -0.3 is 15.7 Å². The highest BCUT2D eigenvalue weighted by Crippen LogP contribution is 2.29. The Hall–Kier alpha value is -4.38. The van der Waals surface area contributed by atoms with Gasteiger partial charge >= 0.3 is 0 Å². The Morgan fingerprint density at radius 1 is 1.07 bits per heavy atom. The van der Waals surface area contributed by atoms with Crippen LogP contribution in [0.3, 0.4) is 0 Å². The van der Waals surface area contributed by atoms with Crippen molar-refractivity contribution in [3.63, 3.8) is 0 Å². The fraction of sp³-hybridized carbons (Fsp3) is 0. The molecule has 3 aromatic rings. The molecule has 0 aliphatic carbocycles. The Balaban J connectivity index is 1.79. The second-order valence-corrected chi connectivity index (χ2v) is 5.75. The van der Waals surface area contributed by atoms with E-state index in [9.17, 15) is 25.3 Å². The molecule has 0 unspecified atom stereocenters. The predicted octanol–water partition coefficient (Wildman–Crippen LogP) is 3.91. The molecule has 0 spiro atoms. The summed E-state index contributed by atoms with van der Waals surface area (Å²) >= 11 is 0. The zero-order valence-corrected chi connectivity index (χ0v) is 14.4. The number of nitriles is 1. The van der Waals surface area contributed by atoms with Crippen LogP contribution in [-0.2, 0) is 4.79 Å². The molecule has 0 saturated carbocycles. The monoisotopic (exact) mass is 374 g/mol. The van der Waals surface area contributed by atoms with E-state index < -0.39 is 10.8 Å². The van der Waals surface area contributed by atoms with Gasteiger partial charge in [0.25, 0.3) is 11.6 Å². The summed E-state index contributed by atoms with van der Waals surface area (Å²) < 4.78 is 0. The van der Waals surface area contributed by atoms with E-state index in [1.165, 1.54) is 30.5 Å². The second-order valence-electron chi connectivity index (χ2n) is 5.75. The molecule has 3 N–H and O–H groups in total.